The van der Waals surface area contributed by atoms with Crippen LogP contribution in [0.15, 0.2) is 45.3 Å². The number of carbonyl (C=O) groups is 1. The number of likely N-dealkylation sites (N-methyl/N-ethyl adjacent to an activating group) is 1. The van der Waals surface area contributed by atoms with E-state index < -0.39 is 16.1 Å². The molecule has 3 aromatic rings. The minimum Gasteiger partial charge on any atom is -0.479 e. The minimum atomic E-state index is -3.63. The van der Waals surface area contributed by atoms with Gasteiger partial charge in [-0.05, 0) is 36.6 Å². The Morgan fingerprint density at radius 3 is 2.81 bits per heavy atom. The van der Waals surface area contributed by atoms with E-state index in [0.29, 0.717) is 17.1 Å². The lowest BCUT2D eigenvalue weighted by atomic mass is 10.1. The maximum absolute atomic E-state index is 12.3. The fourth-order valence-electron chi connectivity index (χ4n) is 2.71. The number of benzene rings is 1. The fourth-order valence-corrected chi connectivity index (χ4v) is 5.67. The number of nitrogens with zero attached hydrogens (tertiary/aromatic N) is 2. The molecule has 0 fully saturated rings. The van der Waals surface area contributed by atoms with Gasteiger partial charge in [-0.25, -0.2) is 13.4 Å². The van der Waals surface area contributed by atoms with Crippen molar-refractivity contribution in [3.05, 3.63) is 41.1 Å². The van der Waals surface area contributed by atoms with Crippen LogP contribution >= 0.6 is 22.7 Å². The molecular weight excluding hydrogens is 406 g/mol. The number of carbonyl (C=O) groups excluding carboxylic acids is 1. The van der Waals surface area contributed by atoms with E-state index in [0.717, 1.165) is 16.9 Å². The van der Waals surface area contributed by atoms with Crippen LogP contribution in [0.4, 0.5) is 10.8 Å². The molecule has 0 radical (unpaired) electrons. The summed E-state index contributed by atoms with van der Waals surface area (Å²) in [5, 5.41) is 3.75. The molecule has 2 aromatic heterocycles. The van der Waals surface area contributed by atoms with Crippen molar-refractivity contribution in [2.24, 2.45) is 0 Å². The average Bonchev–Trinajstić information content (AvgIpc) is 3.31. The molecule has 1 unspecified atom stereocenters. The van der Waals surface area contributed by atoms with Gasteiger partial charge in [0.15, 0.2) is 11.2 Å². The lowest BCUT2D eigenvalue weighted by molar-refractivity contribution is -0.125. The van der Waals surface area contributed by atoms with Crippen LogP contribution in [0.3, 0.4) is 0 Å². The lowest BCUT2D eigenvalue weighted by Crippen LogP contribution is -2.41. The largest absolute Gasteiger partial charge is 0.479 e. The summed E-state index contributed by atoms with van der Waals surface area (Å²) in [5.74, 6) is 0.504. The van der Waals surface area contributed by atoms with Gasteiger partial charge in [-0.15, -0.1) is 22.7 Å². The summed E-state index contributed by atoms with van der Waals surface area (Å²) >= 11 is 2.34. The van der Waals surface area contributed by atoms with E-state index in [1.807, 2.05) is 12.1 Å². The number of sulfonamides is 1. The number of hydrogen-bond acceptors (Lipinski definition) is 7. The van der Waals surface area contributed by atoms with Crippen LogP contribution in [0.2, 0.25) is 0 Å². The Labute approximate surface area is 164 Å². The summed E-state index contributed by atoms with van der Waals surface area (Å²) in [7, 11) is -1.93. The van der Waals surface area contributed by atoms with Gasteiger partial charge in [0.05, 0.1) is 11.4 Å². The second-order valence-corrected chi connectivity index (χ2v) is 9.63. The minimum absolute atomic E-state index is 0.123. The summed E-state index contributed by atoms with van der Waals surface area (Å²) in [6, 6.07) is 8.66. The number of thiazole rings is 1. The van der Waals surface area contributed by atoms with Crippen molar-refractivity contribution in [2.45, 2.75) is 17.2 Å². The lowest BCUT2D eigenvalue weighted by Gasteiger charge is -2.30. The maximum Gasteiger partial charge on any atom is 0.273 e. The number of nitrogens with one attached hydrogen (secondary N) is 1. The van der Waals surface area contributed by atoms with Crippen molar-refractivity contribution in [2.75, 3.05) is 16.7 Å². The summed E-state index contributed by atoms with van der Waals surface area (Å²) in [6.07, 6.45) is -0.522. The first-order chi connectivity index (χ1) is 12.8. The molecule has 3 heterocycles. The zero-order valence-electron chi connectivity index (χ0n) is 14.4. The molecule has 27 heavy (non-hydrogen) atoms. The van der Waals surface area contributed by atoms with Crippen LogP contribution in [0.5, 0.6) is 5.75 Å². The molecule has 1 amide bonds. The molecule has 7 nitrogen and oxygen atoms in total. The number of anilines is 2. The summed E-state index contributed by atoms with van der Waals surface area (Å²) < 4.78 is 33.0. The normalized spacial score (nSPS) is 16.7. The van der Waals surface area contributed by atoms with Crippen LogP contribution in [-0.4, -0.2) is 32.5 Å². The standard InChI is InChI=1S/C17H15N3O4S3/c1-10-16(21)20(2)13-8-11(5-6-14(13)24-10)12-9-26-17(18-12)19-27(22,23)15-4-3-7-25-15/h3-10H,1-2H3,(H,18,19). The molecule has 1 aromatic carbocycles. The third-order valence-corrected chi connectivity index (χ3v) is 7.71. The van der Waals surface area contributed by atoms with Gasteiger partial charge in [0.1, 0.15) is 9.96 Å². The number of thiophene rings is 1. The number of hydrogen-bond donors (Lipinski definition) is 1. The molecule has 1 aliphatic heterocycles. The van der Waals surface area contributed by atoms with Gasteiger partial charge in [-0.3, -0.25) is 9.52 Å². The molecule has 0 spiro atoms. The quantitative estimate of drug-likeness (QED) is 0.697. The maximum atomic E-state index is 12.3. The SMILES string of the molecule is CC1Oc2ccc(-c3csc(NS(=O)(=O)c4cccs4)n3)cc2N(C)C1=O. The number of ether oxygens (including phenoxy) is 1. The molecule has 10 heteroatoms. The highest BCUT2D eigenvalue weighted by atomic mass is 32.2. The molecule has 0 aliphatic carbocycles. The van der Waals surface area contributed by atoms with E-state index in [4.69, 9.17) is 4.74 Å². The Morgan fingerprint density at radius 2 is 2.07 bits per heavy atom. The van der Waals surface area contributed by atoms with Crippen LogP contribution < -0.4 is 14.4 Å². The van der Waals surface area contributed by atoms with E-state index in [2.05, 4.69) is 9.71 Å². The van der Waals surface area contributed by atoms with Crippen molar-refractivity contribution < 1.29 is 17.9 Å². The topological polar surface area (TPSA) is 88.6 Å². The predicted molar refractivity (Wildman–Crippen MR) is 106 cm³/mol. The summed E-state index contributed by atoms with van der Waals surface area (Å²) in [4.78, 5) is 18.0. The van der Waals surface area contributed by atoms with Gasteiger partial charge in [-0.1, -0.05) is 6.07 Å². The summed E-state index contributed by atoms with van der Waals surface area (Å²) in [5.41, 5.74) is 2.04. The van der Waals surface area contributed by atoms with E-state index in [-0.39, 0.29) is 15.2 Å². The van der Waals surface area contributed by atoms with E-state index in [9.17, 15) is 13.2 Å². The molecule has 4 rings (SSSR count). The van der Waals surface area contributed by atoms with E-state index in [1.54, 1.807) is 47.8 Å². The number of fused-ring (bicyclic) bond motifs is 1. The van der Waals surface area contributed by atoms with Gasteiger partial charge < -0.3 is 9.64 Å². The first kappa shape index (κ1) is 18.0. The zero-order valence-corrected chi connectivity index (χ0v) is 16.8. The molecule has 0 saturated heterocycles. The second kappa shape index (κ2) is 6.63. The van der Waals surface area contributed by atoms with Gasteiger partial charge in [0.25, 0.3) is 15.9 Å². The van der Waals surface area contributed by atoms with Gasteiger partial charge in [-0.2, -0.15) is 0 Å². The first-order valence-corrected chi connectivity index (χ1v) is 11.2. The van der Waals surface area contributed by atoms with E-state index >= 15 is 0 Å². The Balaban J connectivity index is 1.62. The highest BCUT2D eigenvalue weighted by Crippen LogP contribution is 2.37. The highest BCUT2D eigenvalue weighted by molar-refractivity contribution is 7.94. The Kier molecular flexibility index (Phi) is 4.41. The van der Waals surface area contributed by atoms with Gasteiger partial charge in [0, 0.05) is 18.0 Å². The van der Waals surface area contributed by atoms with Gasteiger partial charge >= 0.3 is 0 Å². The number of rotatable bonds is 4. The van der Waals surface area contributed by atoms with Crippen molar-refractivity contribution >= 4 is 49.4 Å². The molecule has 0 saturated carbocycles. The smallest absolute Gasteiger partial charge is 0.273 e. The molecule has 1 aliphatic rings. The Morgan fingerprint density at radius 1 is 1.26 bits per heavy atom. The molecular formula is C17H15N3O4S3. The third kappa shape index (κ3) is 3.31. The first-order valence-electron chi connectivity index (χ1n) is 7.95. The third-order valence-electron chi connectivity index (χ3n) is 4.08. The molecule has 1 atom stereocenters. The second-order valence-electron chi connectivity index (χ2n) is 5.92. The van der Waals surface area contributed by atoms with Crippen molar-refractivity contribution in [3.63, 3.8) is 0 Å². The molecule has 1 N–H and O–H groups in total. The zero-order chi connectivity index (χ0) is 19.2. The predicted octanol–water partition coefficient (Wildman–Crippen LogP) is 3.42. The fraction of sp³-hybridized carbons (Fsp3) is 0.176. The molecule has 140 valence electrons. The Hall–Kier alpha value is -2.43. The number of amides is 1. The van der Waals surface area contributed by atoms with Crippen molar-refractivity contribution in [3.8, 4) is 17.0 Å². The monoisotopic (exact) mass is 421 g/mol. The average molecular weight is 422 g/mol. The number of aromatic nitrogens is 1. The van der Waals surface area contributed by atoms with Crippen LogP contribution in [-0.2, 0) is 14.8 Å². The van der Waals surface area contributed by atoms with Crippen molar-refractivity contribution in [1.29, 1.82) is 0 Å². The molecule has 0 bridgehead atoms. The summed E-state index contributed by atoms with van der Waals surface area (Å²) in [6.45, 7) is 1.71. The Bertz CT molecular complexity index is 1110. The van der Waals surface area contributed by atoms with Crippen LogP contribution in [0.1, 0.15) is 6.92 Å². The van der Waals surface area contributed by atoms with Crippen LogP contribution in [0.25, 0.3) is 11.3 Å². The van der Waals surface area contributed by atoms with E-state index in [1.165, 1.54) is 11.3 Å². The van der Waals surface area contributed by atoms with Crippen molar-refractivity contribution in [1.82, 2.24) is 4.98 Å². The highest BCUT2D eigenvalue weighted by Gasteiger charge is 2.29. The van der Waals surface area contributed by atoms with Crippen LogP contribution in [0, 0.1) is 0 Å². The van der Waals surface area contributed by atoms with Gasteiger partial charge in [0.2, 0.25) is 0 Å².